The van der Waals surface area contributed by atoms with Gasteiger partial charge < -0.3 is 20.4 Å². The number of hydrogen-bond donors (Lipinski definition) is 3. The number of aromatic carboxylic acids is 1. The Bertz CT molecular complexity index is 2160. The number of carboxylic acids is 2. The molecule has 0 spiro atoms. The molecule has 1 unspecified atom stereocenters. The van der Waals surface area contributed by atoms with E-state index >= 15 is 0 Å². The molecule has 0 fully saturated rings. The van der Waals surface area contributed by atoms with E-state index in [-0.39, 0.29) is 11.1 Å². The lowest BCUT2D eigenvalue weighted by Gasteiger charge is -2.25. The van der Waals surface area contributed by atoms with Gasteiger partial charge in [0, 0.05) is 29.5 Å². The number of carbonyl (C=O) groups is 2. The molecule has 1 atom stereocenters. The number of carboxylic acid groups (broad SMARTS) is 2. The molecule has 1 aliphatic heterocycles. The number of nitrogens with zero attached hydrogens (tertiary/aromatic N) is 3. The standard InChI is InChI=1S/C41H30N4O4/c46-40(47)31-20-22-43-37(24-31)39-26-32(41(48)49)25-38(44-39)36-23-30(19-21-42-36)29-13-11-27(12-14-29)28-15-17-35(18-16-28)45(33-7-3-1-4-8-33)34-9-5-2-6-10-34/h1-26,38,44H,(H,46,47)(H,48,49). The SMILES string of the molecule is O=C(O)C1=CC(c2cc(-c3ccc(-c4ccc(N(c5ccccc5)c5ccccc5)cc4)cc3)ccn2)NC(c2cc(C(=O)O)ccn2)=C1. The van der Waals surface area contributed by atoms with E-state index in [1.807, 2.05) is 48.5 Å². The van der Waals surface area contributed by atoms with Crippen LogP contribution in [-0.4, -0.2) is 32.1 Å². The fourth-order valence-electron chi connectivity index (χ4n) is 5.84. The van der Waals surface area contributed by atoms with Crippen molar-refractivity contribution in [2.24, 2.45) is 0 Å². The van der Waals surface area contributed by atoms with Crippen molar-refractivity contribution in [3.8, 4) is 22.3 Å². The molecule has 4 aromatic carbocycles. The van der Waals surface area contributed by atoms with E-state index in [2.05, 4.69) is 93.0 Å². The Hall–Kier alpha value is -6.80. The molecule has 2 aromatic heterocycles. The van der Waals surface area contributed by atoms with Crippen molar-refractivity contribution in [2.45, 2.75) is 6.04 Å². The Morgan fingerprint density at radius 3 is 1.73 bits per heavy atom. The third kappa shape index (κ3) is 6.70. The molecule has 3 heterocycles. The zero-order valence-corrected chi connectivity index (χ0v) is 26.1. The minimum Gasteiger partial charge on any atom is -0.478 e. The number of para-hydroxylation sites is 2. The van der Waals surface area contributed by atoms with Crippen molar-refractivity contribution in [3.05, 3.63) is 181 Å². The molecule has 1 aliphatic rings. The largest absolute Gasteiger partial charge is 0.478 e. The second-order valence-corrected chi connectivity index (χ2v) is 11.4. The molecule has 0 radical (unpaired) electrons. The van der Waals surface area contributed by atoms with Crippen LogP contribution < -0.4 is 10.2 Å². The van der Waals surface area contributed by atoms with Gasteiger partial charge in [-0.05, 0) is 95.1 Å². The number of hydrogen-bond acceptors (Lipinski definition) is 6. The highest BCUT2D eigenvalue weighted by molar-refractivity contribution is 5.94. The fraction of sp³-hybridized carbons (Fsp3) is 0.0244. The number of rotatable bonds is 9. The zero-order chi connectivity index (χ0) is 33.7. The summed E-state index contributed by atoms with van der Waals surface area (Å²) in [5.74, 6) is -2.20. The first-order valence-corrected chi connectivity index (χ1v) is 15.6. The number of benzene rings is 4. The molecule has 0 saturated carbocycles. The summed E-state index contributed by atoms with van der Waals surface area (Å²) in [4.78, 5) is 34.6. The van der Waals surface area contributed by atoms with Gasteiger partial charge in [0.05, 0.1) is 34.3 Å². The molecular weight excluding hydrogens is 612 g/mol. The van der Waals surface area contributed by atoms with E-state index in [0.29, 0.717) is 17.1 Å². The summed E-state index contributed by atoms with van der Waals surface area (Å²) in [6.45, 7) is 0. The van der Waals surface area contributed by atoms with Gasteiger partial charge in [-0.25, -0.2) is 9.59 Å². The molecular formula is C41H30N4O4. The summed E-state index contributed by atoms with van der Waals surface area (Å²) in [6.07, 6.45) is 6.11. The van der Waals surface area contributed by atoms with Crippen LogP contribution >= 0.6 is 0 Å². The van der Waals surface area contributed by atoms with Crippen LogP contribution in [0.5, 0.6) is 0 Å². The highest BCUT2D eigenvalue weighted by Crippen LogP contribution is 2.36. The summed E-state index contributed by atoms with van der Waals surface area (Å²) in [5.41, 5.74) is 8.71. The monoisotopic (exact) mass is 642 g/mol. The van der Waals surface area contributed by atoms with Crippen LogP contribution in [0.25, 0.3) is 28.0 Å². The third-order valence-electron chi connectivity index (χ3n) is 8.29. The first-order chi connectivity index (χ1) is 23.9. The van der Waals surface area contributed by atoms with Gasteiger partial charge in [-0.3, -0.25) is 9.97 Å². The topological polar surface area (TPSA) is 116 Å². The minimum absolute atomic E-state index is 0.0523. The first kappa shape index (κ1) is 30.8. The van der Waals surface area contributed by atoms with Crippen molar-refractivity contribution in [2.75, 3.05) is 4.90 Å². The van der Waals surface area contributed by atoms with E-state index in [9.17, 15) is 19.8 Å². The Kier molecular flexibility index (Phi) is 8.50. The molecule has 8 heteroatoms. The Balaban J connectivity index is 1.12. The molecule has 238 valence electrons. The lowest BCUT2D eigenvalue weighted by molar-refractivity contribution is -0.132. The molecule has 0 bridgehead atoms. The van der Waals surface area contributed by atoms with E-state index in [1.165, 1.54) is 24.4 Å². The van der Waals surface area contributed by atoms with Gasteiger partial charge in [0.15, 0.2) is 0 Å². The van der Waals surface area contributed by atoms with Gasteiger partial charge >= 0.3 is 11.9 Å². The summed E-state index contributed by atoms with van der Waals surface area (Å²) >= 11 is 0. The smallest absolute Gasteiger partial charge is 0.335 e. The average Bonchev–Trinajstić information content (AvgIpc) is 3.16. The van der Waals surface area contributed by atoms with Crippen LogP contribution in [-0.2, 0) is 4.79 Å². The van der Waals surface area contributed by atoms with E-state index in [0.717, 1.165) is 39.3 Å². The van der Waals surface area contributed by atoms with Crippen LogP contribution in [0, 0.1) is 0 Å². The Morgan fingerprint density at radius 2 is 1.14 bits per heavy atom. The average molecular weight is 643 g/mol. The minimum atomic E-state index is -1.11. The molecule has 0 saturated heterocycles. The van der Waals surface area contributed by atoms with Crippen molar-refractivity contribution in [1.82, 2.24) is 15.3 Å². The van der Waals surface area contributed by atoms with Gasteiger partial charge in [-0.1, -0.05) is 72.8 Å². The zero-order valence-electron chi connectivity index (χ0n) is 26.1. The van der Waals surface area contributed by atoms with Crippen LogP contribution in [0.1, 0.15) is 27.8 Å². The van der Waals surface area contributed by atoms with Gasteiger partial charge in [0.25, 0.3) is 0 Å². The van der Waals surface area contributed by atoms with Crippen LogP contribution in [0.3, 0.4) is 0 Å². The molecule has 0 aliphatic carbocycles. The molecule has 0 amide bonds. The van der Waals surface area contributed by atoms with Crippen molar-refractivity contribution in [3.63, 3.8) is 0 Å². The normalized spacial score (nSPS) is 13.8. The number of anilines is 3. The number of nitrogens with one attached hydrogen (secondary N) is 1. The van der Waals surface area contributed by atoms with Gasteiger partial charge in [-0.15, -0.1) is 0 Å². The Labute approximate surface area is 283 Å². The lowest BCUT2D eigenvalue weighted by atomic mass is 9.97. The summed E-state index contributed by atoms with van der Waals surface area (Å²) < 4.78 is 0. The molecule has 3 N–H and O–H groups in total. The summed E-state index contributed by atoms with van der Waals surface area (Å²) in [5, 5.41) is 22.5. The Morgan fingerprint density at radius 1 is 0.592 bits per heavy atom. The van der Waals surface area contributed by atoms with Crippen LogP contribution in [0.4, 0.5) is 17.1 Å². The third-order valence-corrected chi connectivity index (χ3v) is 8.29. The van der Waals surface area contributed by atoms with E-state index in [4.69, 9.17) is 0 Å². The van der Waals surface area contributed by atoms with E-state index in [1.54, 1.807) is 12.3 Å². The molecule has 6 aromatic rings. The predicted octanol–water partition coefficient (Wildman–Crippen LogP) is 8.68. The van der Waals surface area contributed by atoms with Crippen molar-refractivity contribution >= 4 is 34.7 Å². The van der Waals surface area contributed by atoms with Crippen molar-refractivity contribution < 1.29 is 19.8 Å². The maximum absolute atomic E-state index is 12.0. The molecule has 8 nitrogen and oxygen atoms in total. The second kappa shape index (κ2) is 13.5. The summed E-state index contributed by atoms with van der Waals surface area (Å²) in [7, 11) is 0. The highest BCUT2D eigenvalue weighted by Gasteiger charge is 2.23. The highest BCUT2D eigenvalue weighted by atomic mass is 16.4. The summed E-state index contributed by atoms with van der Waals surface area (Å²) in [6, 6.07) is 43.4. The van der Waals surface area contributed by atoms with Crippen LogP contribution in [0.15, 0.2) is 164 Å². The number of aromatic nitrogens is 2. The predicted molar refractivity (Wildman–Crippen MR) is 191 cm³/mol. The van der Waals surface area contributed by atoms with Gasteiger partial charge in [-0.2, -0.15) is 0 Å². The molecule has 7 rings (SSSR count). The second-order valence-electron chi connectivity index (χ2n) is 11.4. The quantitative estimate of drug-likeness (QED) is 0.144. The number of dihydropyridines is 1. The van der Waals surface area contributed by atoms with Crippen molar-refractivity contribution in [1.29, 1.82) is 0 Å². The number of pyridine rings is 2. The molecule has 49 heavy (non-hydrogen) atoms. The van der Waals surface area contributed by atoms with E-state index < -0.39 is 18.0 Å². The van der Waals surface area contributed by atoms with Gasteiger partial charge in [0.1, 0.15) is 0 Å². The van der Waals surface area contributed by atoms with Gasteiger partial charge in [0.2, 0.25) is 0 Å². The number of aliphatic carboxylic acids is 1. The lowest BCUT2D eigenvalue weighted by Crippen LogP contribution is -2.25. The first-order valence-electron chi connectivity index (χ1n) is 15.6. The maximum atomic E-state index is 12.0. The fourth-order valence-corrected chi connectivity index (χ4v) is 5.84. The maximum Gasteiger partial charge on any atom is 0.335 e. The van der Waals surface area contributed by atoms with Crippen LogP contribution in [0.2, 0.25) is 0 Å².